The summed E-state index contributed by atoms with van der Waals surface area (Å²) >= 11 is 0. The van der Waals surface area contributed by atoms with Crippen LogP contribution < -0.4 is 5.32 Å². The number of nitrogens with one attached hydrogen (secondary N) is 1. The number of hydrogen-bond acceptors (Lipinski definition) is 3. The van der Waals surface area contributed by atoms with Crippen LogP contribution in [0.5, 0.6) is 0 Å². The first-order valence-electron chi connectivity index (χ1n) is 7.65. The van der Waals surface area contributed by atoms with Crippen LogP contribution in [0.4, 0.5) is 13.2 Å². The van der Waals surface area contributed by atoms with Crippen molar-refractivity contribution in [1.29, 1.82) is 0 Å². The van der Waals surface area contributed by atoms with E-state index in [9.17, 15) is 13.2 Å². The molecule has 2 heterocycles. The molecule has 21 heavy (non-hydrogen) atoms. The number of hydrogen-bond donors (Lipinski definition) is 1. The Hall–Kier alpha value is -1.11. The van der Waals surface area contributed by atoms with Gasteiger partial charge in [0.15, 0.2) is 0 Å². The average Bonchev–Trinajstić information content (AvgIpc) is 3.06. The van der Waals surface area contributed by atoms with E-state index in [4.69, 9.17) is 0 Å². The number of alkyl halides is 3. The van der Waals surface area contributed by atoms with Crippen LogP contribution in [0, 0.1) is 6.92 Å². The molecule has 1 saturated carbocycles. The second kappa shape index (κ2) is 5.26. The Balaban J connectivity index is 2.05. The molecule has 1 aromatic rings. The van der Waals surface area contributed by atoms with E-state index in [1.165, 1.54) is 6.42 Å². The van der Waals surface area contributed by atoms with E-state index in [0.29, 0.717) is 12.4 Å². The minimum atomic E-state index is -4.30. The van der Waals surface area contributed by atoms with Gasteiger partial charge in [0, 0.05) is 12.6 Å². The molecule has 0 amide bonds. The van der Waals surface area contributed by atoms with Crippen molar-refractivity contribution in [2.75, 3.05) is 13.1 Å². The normalized spacial score (nSPS) is 28.2. The Morgan fingerprint density at radius 2 is 1.90 bits per heavy atom. The van der Waals surface area contributed by atoms with E-state index in [2.05, 4.69) is 15.5 Å². The lowest BCUT2D eigenvalue weighted by Crippen LogP contribution is -2.46. The summed E-state index contributed by atoms with van der Waals surface area (Å²) in [6.45, 7) is 2.04. The molecule has 0 spiro atoms. The van der Waals surface area contributed by atoms with Crippen LogP contribution in [0.25, 0.3) is 0 Å². The number of halogens is 3. The van der Waals surface area contributed by atoms with Gasteiger partial charge in [-0.3, -0.25) is 0 Å². The summed E-state index contributed by atoms with van der Waals surface area (Å²) in [6, 6.07) is 0.114. The first kappa shape index (κ1) is 14.8. The third-order valence-electron chi connectivity index (χ3n) is 4.93. The van der Waals surface area contributed by atoms with Crippen LogP contribution in [-0.4, -0.2) is 34.0 Å². The van der Waals surface area contributed by atoms with E-state index in [1.807, 2.05) is 0 Å². The molecule has 1 saturated heterocycles. The summed E-state index contributed by atoms with van der Waals surface area (Å²) in [5.74, 6) is 0.719. The third kappa shape index (κ3) is 2.35. The minimum Gasteiger partial charge on any atom is -0.315 e. The predicted octanol–water partition coefficient (Wildman–Crippen LogP) is 2.89. The first-order chi connectivity index (χ1) is 9.96. The van der Waals surface area contributed by atoms with Gasteiger partial charge in [0.25, 0.3) is 0 Å². The van der Waals surface area contributed by atoms with Crippen LogP contribution in [0.15, 0.2) is 0 Å². The molecule has 4 nitrogen and oxygen atoms in total. The van der Waals surface area contributed by atoms with Crippen molar-refractivity contribution in [2.45, 2.75) is 63.1 Å². The van der Waals surface area contributed by atoms with E-state index in [-0.39, 0.29) is 24.8 Å². The summed E-state index contributed by atoms with van der Waals surface area (Å²) in [5, 5.41) is 10.8. The second-order valence-electron chi connectivity index (χ2n) is 6.24. The van der Waals surface area contributed by atoms with Gasteiger partial charge in [0.1, 0.15) is 17.1 Å². The number of nitrogens with zero attached hydrogens (tertiary/aromatic N) is 3. The highest BCUT2D eigenvalue weighted by Crippen LogP contribution is 2.46. The predicted molar refractivity (Wildman–Crippen MR) is 72.1 cm³/mol. The topological polar surface area (TPSA) is 42.7 Å². The zero-order chi connectivity index (χ0) is 15.1. The molecule has 7 heteroatoms. The molecule has 118 valence electrons. The monoisotopic (exact) mass is 302 g/mol. The van der Waals surface area contributed by atoms with Crippen molar-refractivity contribution < 1.29 is 13.2 Å². The molecule has 1 unspecified atom stereocenters. The van der Waals surface area contributed by atoms with Gasteiger partial charge in [0.2, 0.25) is 0 Å². The fourth-order valence-electron chi connectivity index (χ4n) is 3.72. The smallest absolute Gasteiger partial charge is 0.315 e. The summed E-state index contributed by atoms with van der Waals surface area (Å²) in [7, 11) is 0. The van der Waals surface area contributed by atoms with Crippen LogP contribution in [0.2, 0.25) is 0 Å². The fourth-order valence-corrected chi connectivity index (χ4v) is 3.72. The molecule has 0 radical (unpaired) electrons. The zero-order valence-electron chi connectivity index (χ0n) is 12.2. The quantitative estimate of drug-likeness (QED) is 0.913. The molecule has 0 bridgehead atoms. The van der Waals surface area contributed by atoms with Gasteiger partial charge >= 0.3 is 6.18 Å². The van der Waals surface area contributed by atoms with Crippen LogP contribution in [0.3, 0.4) is 0 Å². The number of aryl methyl sites for hydroxylation is 1. The second-order valence-corrected chi connectivity index (χ2v) is 6.24. The van der Waals surface area contributed by atoms with E-state index >= 15 is 0 Å². The van der Waals surface area contributed by atoms with Crippen molar-refractivity contribution >= 4 is 0 Å². The first-order valence-corrected chi connectivity index (χ1v) is 7.65. The SMILES string of the molecule is Cc1nnc(C2(C(F)(F)F)CCNC2)n1C1CCCCC1. The minimum absolute atomic E-state index is 0.0430. The van der Waals surface area contributed by atoms with Crippen LogP contribution in [-0.2, 0) is 5.41 Å². The van der Waals surface area contributed by atoms with E-state index in [0.717, 1.165) is 25.7 Å². The maximum absolute atomic E-state index is 13.7. The summed E-state index contributed by atoms with van der Waals surface area (Å²) in [5.41, 5.74) is -1.88. The van der Waals surface area contributed by atoms with Gasteiger partial charge in [-0.05, 0) is 32.7 Å². The van der Waals surface area contributed by atoms with Gasteiger partial charge in [-0.25, -0.2) is 0 Å². The van der Waals surface area contributed by atoms with Gasteiger partial charge in [-0.1, -0.05) is 19.3 Å². The standard InChI is InChI=1S/C14H21F3N4/c1-10-19-20-12(21(10)11-5-3-2-4-6-11)13(14(15,16)17)7-8-18-9-13/h11,18H,2-9H2,1H3. The van der Waals surface area contributed by atoms with E-state index < -0.39 is 11.6 Å². The highest BCUT2D eigenvalue weighted by molar-refractivity contribution is 5.19. The van der Waals surface area contributed by atoms with Gasteiger partial charge in [-0.2, -0.15) is 13.2 Å². The van der Waals surface area contributed by atoms with Crippen LogP contribution in [0.1, 0.15) is 56.2 Å². The zero-order valence-corrected chi connectivity index (χ0v) is 12.2. The molecule has 2 fully saturated rings. The molecule has 2 aliphatic rings. The summed E-state index contributed by atoms with van der Waals surface area (Å²) < 4.78 is 43.0. The molecule has 1 aliphatic heterocycles. The average molecular weight is 302 g/mol. The lowest BCUT2D eigenvalue weighted by molar-refractivity contribution is -0.188. The molecule has 1 atom stereocenters. The molecule has 0 aromatic carbocycles. The van der Waals surface area contributed by atoms with Crippen molar-refractivity contribution in [3.8, 4) is 0 Å². The van der Waals surface area contributed by atoms with Crippen molar-refractivity contribution in [3.63, 3.8) is 0 Å². The van der Waals surface area contributed by atoms with Crippen molar-refractivity contribution in [1.82, 2.24) is 20.1 Å². The molecular formula is C14H21F3N4. The number of aromatic nitrogens is 3. The molecule has 1 aliphatic carbocycles. The Morgan fingerprint density at radius 1 is 1.19 bits per heavy atom. The Morgan fingerprint density at radius 3 is 2.48 bits per heavy atom. The lowest BCUT2D eigenvalue weighted by Gasteiger charge is -2.33. The highest BCUT2D eigenvalue weighted by Gasteiger charge is 2.60. The largest absolute Gasteiger partial charge is 0.402 e. The van der Waals surface area contributed by atoms with Gasteiger partial charge in [-0.15, -0.1) is 10.2 Å². The van der Waals surface area contributed by atoms with Gasteiger partial charge < -0.3 is 9.88 Å². The molecular weight excluding hydrogens is 281 g/mol. The van der Waals surface area contributed by atoms with Crippen molar-refractivity contribution in [2.24, 2.45) is 0 Å². The third-order valence-corrected chi connectivity index (χ3v) is 4.93. The Labute approximate surface area is 122 Å². The maximum Gasteiger partial charge on any atom is 0.402 e. The lowest BCUT2D eigenvalue weighted by atomic mass is 9.84. The van der Waals surface area contributed by atoms with E-state index in [1.54, 1.807) is 11.5 Å². The Kier molecular flexibility index (Phi) is 3.71. The summed E-state index contributed by atoms with van der Waals surface area (Å²) in [4.78, 5) is 0. The van der Waals surface area contributed by atoms with Gasteiger partial charge in [0.05, 0.1) is 0 Å². The maximum atomic E-state index is 13.7. The molecule has 1 aromatic heterocycles. The van der Waals surface area contributed by atoms with Crippen LogP contribution >= 0.6 is 0 Å². The highest BCUT2D eigenvalue weighted by atomic mass is 19.4. The summed E-state index contributed by atoms with van der Waals surface area (Å²) in [6.07, 6.45) is 0.890. The number of rotatable bonds is 2. The Bertz CT molecular complexity index is 497. The van der Waals surface area contributed by atoms with Crippen molar-refractivity contribution in [3.05, 3.63) is 11.6 Å². The molecule has 1 N–H and O–H groups in total. The fraction of sp³-hybridized carbons (Fsp3) is 0.857. The molecule has 3 rings (SSSR count).